The van der Waals surface area contributed by atoms with Crippen LogP contribution in [-0.2, 0) is 0 Å². The predicted octanol–water partition coefficient (Wildman–Crippen LogP) is 3.77. The minimum Gasteiger partial charge on any atom is -0.506 e. The normalized spacial score (nSPS) is 10.7. The maximum atomic E-state index is 12.0. The van der Waals surface area contributed by atoms with Crippen molar-refractivity contribution < 1.29 is 9.90 Å². The molecule has 1 rings (SSSR count). The molecule has 0 bridgehead atoms. The van der Waals surface area contributed by atoms with E-state index in [9.17, 15) is 9.90 Å². The van der Waals surface area contributed by atoms with Gasteiger partial charge >= 0.3 is 0 Å². The molecule has 18 heavy (non-hydrogen) atoms. The summed E-state index contributed by atoms with van der Waals surface area (Å²) in [6, 6.07) is 3.55. The first kappa shape index (κ1) is 16.0. The van der Waals surface area contributed by atoms with Crippen LogP contribution in [0.25, 0.3) is 0 Å². The van der Waals surface area contributed by atoms with Gasteiger partial charge in [-0.15, -0.1) is 0 Å². The summed E-state index contributed by atoms with van der Waals surface area (Å²) in [5.41, 5.74) is 0.359. The zero-order valence-corrected chi connectivity index (χ0v) is 14.8. The second-order valence-electron chi connectivity index (χ2n) is 4.18. The molecule has 0 saturated heterocycles. The molecule has 0 aromatic heterocycles. The average Bonchev–Trinajstić information content (AvgIpc) is 2.34. The lowest BCUT2D eigenvalue weighted by molar-refractivity contribution is 0.0943. The van der Waals surface area contributed by atoms with Crippen LogP contribution in [0.3, 0.4) is 0 Å². The number of hydrogen-bond acceptors (Lipinski definition) is 2. The number of halogens is 2. The van der Waals surface area contributed by atoms with Gasteiger partial charge in [0.2, 0.25) is 0 Å². The second kappa shape index (κ2) is 7.52. The highest BCUT2D eigenvalue weighted by Crippen LogP contribution is 2.26. The lowest BCUT2D eigenvalue weighted by Gasteiger charge is -2.14. The summed E-state index contributed by atoms with van der Waals surface area (Å²) in [4.78, 5) is 12.0. The van der Waals surface area contributed by atoms with Crippen LogP contribution in [0.5, 0.6) is 5.75 Å². The number of carbonyl (C=O) groups excluding carboxylic acids is 1. The maximum absolute atomic E-state index is 12.0. The highest BCUT2D eigenvalue weighted by Gasteiger charge is 2.15. The molecule has 0 atom stereocenters. The number of phenolic OH excluding ortho intramolecular Hbond substituents is 1. The number of aromatic hydroxyl groups is 1. The second-order valence-corrected chi connectivity index (χ2v) is 6.58. The highest BCUT2D eigenvalue weighted by molar-refractivity contribution is 14.1. The van der Waals surface area contributed by atoms with E-state index in [1.807, 2.05) is 28.7 Å². The summed E-state index contributed by atoms with van der Waals surface area (Å²) < 4.78 is 1.65. The van der Waals surface area contributed by atoms with Crippen LogP contribution in [0.4, 0.5) is 0 Å². The topological polar surface area (TPSA) is 49.3 Å². The van der Waals surface area contributed by atoms with Crippen LogP contribution in [0.15, 0.2) is 12.1 Å². The van der Waals surface area contributed by atoms with Gasteiger partial charge in [-0.05, 0) is 63.2 Å². The quantitative estimate of drug-likeness (QED) is 0.641. The van der Waals surface area contributed by atoms with E-state index in [1.54, 1.807) is 6.07 Å². The number of benzene rings is 1. The Kier molecular flexibility index (Phi) is 6.68. The Balaban J connectivity index is 2.78. The lowest BCUT2D eigenvalue weighted by Crippen LogP contribution is -2.29. The third-order valence-corrected chi connectivity index (χ3v) is 4.42. The van der Waals surface area contributed by atoms with Gasteiger partial charge in [0.1, 0.15) is 5.75 Å². The molecule has 0 aliphatic carbocycles. The highest BCUT2D eigenvalue weighted by atomic mass is 127. The van der Waals surface area contributed by atoms with Crippen LogP contribution in [-0.4, -0.2) is 17.6 Å². The van der Waals surface area contributed by atoms with Gasteiger partial charge in [0, 0.05) is 10.1 Å². The first-order chi connectivity index (χ1) is 8.49. The summed E-state index contributed by atoms with van der Waals surface area (Å²) in [6.45, 7) is 4.89. The zero-order chi connectivity index (χ0) is 13.7. The van der Waals surface area contributed by atoms with Crippen LogP contribution >= 0.6 is 45.2 Å². The molecule has 0 fully saturated rings. The van der Waals surface area contributed by atoms with Crippen LogP contribution in [0, 0.1) is 13.1 Å². The molecule has 0 unspecified atom stereocenters. The maximum Gasteiger partial charge on any atom is 0.255 e. The third kappa shape index (κ3) is 4.25. The van der Waals surface area contributed by atoms with Crippen molar-refractivity contribution >= 4 is 51.1 Å². The van der Waals surface area contributed by atoms with Crippen LogP contribution in [0.1, 0.15) is 37.0 Å². The van der Waals surface area contributed by atoms with Crippen molar-refractivity contribution in [2.45, 2.75) is 26.7 Å². The van der Waals surface area contributed by atoms with E-state index in [-0.39, 0.29) is 11.7 Å². The largest absolute Gasteiger partial charge is 0.506 e. The molecule has 5 heteroatoms. The molecule has 0 aliphatic heterocycles. The summed E-state index contributed by atoms with van der Waals surface area (Å²) in [5, 5.41) is 12.8. The third-order valence-electron chi connectivity index (χ3n) is 2.98. The number of hydrogen-bond donors (Lipinski definition) is 2. The molecule has 1 amide bonds. The van der Waals surface area contributed by atoms with Gasteiger partial charge in [-0.25, -0.2) is 0 Å². The summed E-state index contributed by atoms with van der Waals surface area (Å²) in [5.74, 6) is 0.367. The van der Waals surface area contributed by atoms with E-state index in [0.29, 0.717) is 21.6 Å². The fraction of sp³-hybridized carbons (Fsp3) is 0.462. The first-order valence-electron chi connectivity index (χ1n) is 5.95. The van der Waals surface area contributed by atoms with Crippen molar-refractivity contribution in [3.63, 3.8) is 0 Å². The number of rotatable bonds is 5. The van der Waals surface area contributed by atoms with Gasteiger partial charge in [0.15, 0.2) is 0 Å². The predicted molar refractivity (Wildman–Crippen MR) is 89.9 cm³/mol. The Bertz CT molecular complexity index is 431. The number of phenols is 1. The van der Waals surface area contributed by atoms with Gasteiger partial charge in [-0.1, -0.05) is 26.7 Å². The van der Waals surface area contributed by atoms with Gasteiger partial charge in [0.05, 0.1) is 9.13 Å². The van der Waals surface area contributed by atoms with Crippen LogP contribution < -0.4 is 5.32 Å². The Morgan fingerprint density at radius 3 is 2.50 bits per heavy atom. The lowest BCUT2D eigenvalue weighted by atomic mass is 10.0. The van der Waals surface area contributed by atoms with E-state index < -0.39 is 0 Å². The van der Waals surface area contributed by atoms with E-state index in [1.165, 1.54) is 0 Å². The molecule has 0 radical (unpaired) electrons. The average molecular weight is 473 g/mol. The first-order valence-corrected chi connectivity index (χ1v) is 8.11. The molecule has 2 N–H and O–H groups in total. The number of amides is 1. The standard InChI is InChI=1S/C13H17I2NO2/c1-3-8(4-2)7-16-13(18)10-5-9(14)6-11(15)12(10)17/h5-6,8,17H,3-4,7H2,1-2H3,(H,16,18). The SMILES string of the molecule is CCC(CC)CNC(=O)c1cc(I)cc(I)c1O. The van der Waals surface area contributed by atoms with Crippen LogP contribution in [0.2, 0.25) is 0 Å². The van der Waals surface area contributed by atoms with Gasteiger partial charge in [-0.2, -0.15) is 0 Å². The van der Waals surface area contributed by atoms with Crippen molar-refractivity contribution in [1.29, 1.82) is 0 Å². The Labute approximate surface area is 135 Å². The fourth-order valence-corrected chi connectivity index (χ4v) is 3.49. The van der Waals surface area contributed by atoms with Gasteiger partial charge in [-0.3, -0.25) is 4.79 Å². The molecule has 1 aromatic carbocycles. The molecule has 100 valence electrons. The number of carbonyl (C=O) groups is 1. The molecule has 0 saturated carbocycles. The van der Waals surface area contributed by atoms with E-state index in [4.69, 9.17) is 0 Å². The van der Waals surface area contributed by atoms with E-state index >= 15 is 0 Å². The molecular weight excluding hydrogens is 456 g/mol. The molecule has 0 spiro atoms. The molecule has 0 aliphatic rings. The van der Waals surface area contributed by atoms with Gasteiger partial charge < -0.3 is 10.4 Å². The number of nitrogens with one attached hydrogen (secondary N) is 1. The Hall–Kier alpha value is -0.0500. The van der Waals surface area contributed by atoms with E-state index in [0.717, 1.165) is 16.4 Å². The smallest absolute Gasteiger partial charge is 0.255 e. The summed E-state index contributed by atoms with van der Waals surface area (Å²) in [7, 11) is 0. The van der Waals surface area contributed by atoms with Crippen molar-refractivity contribution in [3.8, 4) is 5.75 Å². The van der Waals surface area contributed by atoms with Gasteiger partial charge in [0.25, 0.3) is 5.91 Å². The minimum absolute atomic E-state index is 0.0677. The minimum atomic E-state index is -0.198. The summed E-state index contributed by atoms with van der Waals surface area (Å²) >= 11 is 4.17. The van der Waals surface area contributed by atoms with Crippen molar-refractivity contribution in [2.75, 3.05) is 6.54 Å². The molecule has 1 aromatic rings. The van der Waals surface area contributed by atoms with Crippen molar-refractivity contribution in [3.05, 3.63) is 24.8 Å². The molecule has 3 nitrogen and oxygen atoms in total. The zero-order valence-electron chi connectivity index (χ0n) is 10.5. The monoisotopic (exact) mass is 473 g/mol. The molecule has 0 heterocycles. The van der Waals surface area contributed by atoms with Crippen molar-refractivity contribution in [2.24, 2.45) is 5.92 Å². The fourth-order valence-electron chi connectivity index (χ4n) is 1.65. The Morgan fingerprint density at radius 1 is 1.33 bits per heavy atom. The molecular formula is C13H17I2NO2. The van der Waals surface area contributed by atoms with E-state index in [2.05, 4.69) is 41.8 Å². The summed E-state index contributed by atoms with van der Waals surface area (Å²) in [6.07, 6.45) is 2.10. The Morgan fingerprint density at radius 2 is 1.94 bits per heavy atom. The van der Waals surface area contributed by atoms with Crippen molar-refractivity contribution in [1.82, 2.24) is 5.32 Å².